The molecule has 0 bridgehead atoms. The molecule has 4 heteroatoms. The van der Waals surface area contributed by atoms with Crippen LogP contribution in [0.2, 0.25) is 0 Å². The van der Waals surface area contributed by atoms with E-state index in [0.29, 0.717) is 11.3 Å². The van der Waals surface area contributed by atoms with Crippen molar-refractivity contribution in [3.8, 4) is 5.75 Å². The van der Waals surface area contributed by atoms with Gasteiger partial charge in [-0.3, -0.25) is 4.79 Å². The number of hydrogen-bond acceptors (Lipinski definition) is 3. The van der Waals surface area contributed by atoms with Crippen molar-refractivity contribution < 1.29 is 19.4 Å². The number of hydrogen-bond donors (Lipinski definition) is 1. The van der Waals surface area contributed by atoms with Gasteiger partial charge in [0.05, 0.1) is 25.2 Å². The highest BCUT2D eigenvalue weighted by molar-refractivity contribution is 5.67. The van der Waals surface area contributed by atoms with Crippen LogP contribution in [0.15, 0.2) is 24.3 Å². The molecule has 0 amide bonds. The quantitative estimate of drug-likeness (QED) is 0.580. The van der Waals surface area contributed by atoms with E-state index in [2.05, 4.69) is 0 Å². The summed E-state index contributed by atoms with van der Waals surface area (Å²) >= 11 is 0. The van der Waals surface area contributed by atoms with Crippen molar-refractivity contribution in [3.05, 3.63) is 29.8 Å². The van der Waals surface area contributed by atoms with Crippen LogP contribution in [0.5, 0.6) is 5.75 Å². The normalized spacial score (nSPS) is 22.9. The SMILES string of the molecule is CC(C)OC(CC(=O)O)c1ccc(OCC2CCCC3(CCCCC3)C2)cc1. The molecule has 1 aromatic carbocycles. The van der Waals surface area contributed by atoms with Gasteiger partial charge in [0.15, 0.2) is 0 Å². The maximum atomic E-state index is 11.1. The second-order valence-corrected chi connectivity index (χ2v) is 9.17. The molecule has 156 valence electrons. The van der Waals surface area contributed by atoms with Crippen LogP contribution < -0.4 is 4.74 Å². The van der Waals surface area contributed by atoms with Crippen LogP contribution in [-0.4, -0.2) is 23.8 Å². The van der Waals surface area contributed by atoms with E-state index in [1.54, 1.807) is 0 Å². The highest BCUT2D eigenvalue weighted by Crippen LogP contribution is 2.49. The number of carboxylic acids is 1. The lowest BCUT2D eigenvalue weighted by molar-refractivity contribution is -0.141. The summed E-state index contributed by atoms with van der Waals surface area (Å²) in [6.07, 6.45) is 12.0. The average molecular weight is 389 g/mol. The van der Waals surface area contributed by atoms with E-state index < -0.39 is 12.1 Å². The van der Waals surface area contributed by atoms with E-state index in [1.165, 1.54) is 57.8 Å². The number of rotatable bonds is 8. The molecule has 1 N–H and O–H groups in total. The second-order valence-electron chi connectivity index (χ2n) is 9.17. The summed E-state index contributed by atoms with van der Waals surface area (Å²) in [6, 6.07) is 7.78. The molecule has 2 aliphatic carbocycles. The number of carbonyl (C=O) groups is 1. The highest BCUT2D eigenvalue weighted by Gasteiger charge is 2.37. The number of carboxylic acid groups (broad SMARTS) is 1. The minimum atomic E-state index is -0.847. The smallest absolute Gasteiger partial charge is 0.306 e. The van der Waals surface area contributed by atoms with E-state index in [9.17, 15) is 4.79 Å². The predicted molar refractivity (Wildman–Crippen MR) is 111 cm³/mol. The molecule has 28 heavy (non-hydrogen) atoms. The van der Waals surface area contributed by atoms with Gasteiger partial charge in [0.2, 0.25) is 0 Å². The molecule has 0 heterocycles. The Morgan fingerprint density at radius 1 is 1.11 bits per heavy atom. The Balaban J connectivity index is 1.54. The van der Waals surface area contributed by atoms with Gasteiger partial charge in [0.25, 0.3) is 0 Å². The Labute approximate surface area is 169 Å². The molecule has 2 fully saturated rings. The summed E-state index contributed by atoms with van der Waals surface area (Å²) in [6.45, 7) is 4.65. The Hall–Kier alpha value is -1.55. The Morgan fingerprint density at radius 2 is 1.79 bits per heavy atom. The standard InChI is InChI=1S/C24H36O4/c1-18(2)28-22(15-23(25)26)20-8-10-21(11-9-20)27-17-19-7-6-14-24(16-19)12-4-3-5-13-24/h8-11,18-19,22H,3-7,12-17H2,1-2H3,(H,25,26). The Morgan fingerprint density at radius 3 is 2.43 bits per heavy atom. The van der Waals surface area contributed by atoms with Crippen molar-refractivity contribution >= 4 is 5.97 Å². The minimum absolute atomic E-state index is 0.0151. The summed E-state index contributed by atoms with van der Waals surface area (Å²) in [7, 11) is 0. The summed E-state index contributed by atoms with van der Waals surface area (Å²) in [4.78, 5) is 11.1. The third-order valence-electron chi connectivity index (χ3n) is 6.49. The van der Waals surface area contributed by atoms with E-state index in [-0.39, 0.29) is 12.5 Å². The van der Waals surface area contributed by atoms with Gasteiger partial charge in [-0.1, -0.05) is 37.8 Å². The first-order valence-electron chi connectivity index (χ1n) is 11.1. The zero-order valence-corrected chi connectivity index (χ0v) is 17.5. The van der Waals surface area contributed by atoms with Crippen LogP contribution in [0.25, 0.3) is 0 Å². The molecule has 0 aromatic heterocycles. The fourth-order valence-electron chi connectivity index (χ4n) is 5.20. The third kappa shape index (κ3) is 5.97. The van der Waals surface area contributed by atoms with E-state index in [4.69, 9.17) is 14.6 Å². The second kappa shape index (κ2) is 9.78. The zero-order valence-electron chi connectivity index (χ0n) is 17.5. The highest BCUT2D eigenvalue weighted by atomic mass is 16.5. The molecule has 2 unspecified atom stereocenters. The third-order valence-corrected chi connectivity index (χ3v) is 6.49. The van der Waals surface area contributed by atoms with Crippen molar-refractivity contribution in [1.29, 1.82) is 0 Å². The van der Waals surface area contributed by atoms with Crippen molar-refractivity contribution in [1.82, 2.24) is 0 Å². The minimum Gasteiger partial charge on any atom is -0.493 e. The van der Waals surface area contributed by atoms with Gasteiger partial charge in [-0.05, 0) is 75.0 Å². The van der Waals surface area contributed by atoms with Crippen molar-refractivity contribution in [2.45, 2.75) is 90.3 Å². The van der Waals surface area contributed by atoms with Gasteiger partial charge in [-0.2, -0.15) is 0 Å². The van der Waals surface area contributed by atoms with Gasteiger partial charge < -0.3 is 14.6 Å². The monoisotopic (exact) mass is 388 g/mol. The lowest BCUT2D eigenvalue weighted by atomic mass is 9.63. The zero-order chi connectivity index (χ0) is 20.0. The van der Waals surface area contributed by atoms with Crippen LogP contribution in [0.4, 0.5) is 0 Å². The fraction of sp³-hybridized carbons (Fsp3) is 0.708. The maximum Gasteiger partial charge on any atom is 0.306 e. The fourth-order valence-corrected chi connectivity index (χ4v) is 5.20. The van der Waals surface area contributed by atoms with Crippen molar-refractivity contribution in [2.24, 2.45) is 11.3 Å². The molecule has 1 aromatic rings. The Kier molecular flexibility index (Phi) is 7.39. The van der Waals surface area contributed by atoms with Gasteiger partial charge in [0.1, 0.15) is 5.75 Å². The van der Waals surface area contributed by atoms with E-state index >= 15 is 0 Å². The first kappa shape index (κ1) is 21.2. The molecule has 0 aliphatic heterocycles. The van der Waals surface area contributed by atoms with Crippen molar-refractivity contribution in [3.63, 3.8) is 0 Å². The van der Waals surface area contributed by atoms with E-state index in [1.807, 2.05) is 38.1 Å². The molecule has 2 atom stereocenters. The van der Waals surface area contributed by atoms with E-state index in [0.717, 1.165) is 17.9 Å². The first-order chi connectivity index (χ1) is 13.5. The largest absolute Gasteiger partial charge is 0.493 e. The lowest BCUT2D eigenvalue weighted by Gasteiger charge is -2.43. The van der Waals surface area contributed by atoms with Crippen LogP contribution >= 0.6 is 0 Å². The number of benzene rings is 1. The van der Waals surface area contributed by atoms with Gasteiger partial charge >= 0.3 is 5.97 Å². The molecular weight excluding hydrogens is 352 g/mol. The summed E-state index contributed by atoms with van der Waals surface area (Å²) < 4.78 is 11.9. The molecule has 2 saturated carbocycles. The maximum absolute atomic E-state index is 11.1. The first-order valence-corrected chi connectivity index (χ1v) is 11.1. The summed E-state index contributed by atoms with van der Waals surface area (Å²) in [5, 5.41) is 9.14. The molecule has 2 aliphatic rings. The van der Waals surface area contributed by atoms with Crippen LogP contribution in [0.3, 0.4) is 0 Å². The summed E-state index contributed by atoms with van der Waals surface area (Å²) in [5.41, 5.74) is 1.49. The predicted octanol–water partition coefficient (Wildman–Crippen LogP) is 6.15. The lowest BCUT2D eigenvalue weighted by Crippen LogP contribution is -2.33. The van der Waals surface area contributed by atoms with Crippen LogP contribution in [-0.2, 0) is 9.53 Å². The van der Waals surface area contributed by atoms with Crippen molar-refractivity contribution in [2.75, 3.05) is 6.61 Å². The average Bonchev–Trinajstić information content (AvgIpc) is 2.66. The van der Waals surface area contributed by atoms with Crippen LogP contribution in [0, 0.1) is 11.3 Å². The van der Waals surface area contributed by atoms with Gasteiger partial charge in [0, 0.05) is 0 Å². The molecule has 0 saturated heterocycles. The van der Waals surface area contributed by atoms with Crippen LogP contribution in [0.1, 0.15) is 89.7 Å². The molecule has 3 rings (SSSR count). The molecular formula is C24H36O4. The number of ether oxygens (including phenoxy) is 2. The molecule has 1 spiro atoms. The number of aliphatic carboxylic acids is 1. The topological polar surface area (TPSA) is 55.8 Å². The Bertz CT molecular complexity index is 610. The summed E-state index contributed by atoms with van der Waals surface area (Å²) in [5.74, 6) is 0.682. The molecule has 0 radical (unpaired) electrons. The molecule has 4 nitrogen and oxygen atoms in total. The van der Waals surface area contributed by atoms with Gasteiger partial charge in [-0.15, -0.1) is 0 Å². The van der Waals surface area contributed by atoms with Gasteiger partial charge in [-0.25, -0.2) is 0 Å².